The maximum atomic E-state index is 11.3. The van der Waals surface area contributed by atoms with Crippen molar-refractivity contribution in [3.05, 3.63) is 24.3 Å². The highest BCUT2D eigenvalue weighted by Gasteiger charge is 1.94. The first kappa shape index (κ1) is 14.8. The average Bonchev–Trinajstić information content (AvgIpc) is 2.23. The third-order valence-corrected chi connectivity index (χ3v) is 2.18. The van der Waals surface area contributed by atoms with Gasteiger partial charge in [0.15, 0.2) is 11.6 Å². The van der Waals surface area contributed by atoms with E-state index in [-0.39, 0.29) is 11.6 Å². The summed E-state index contributed by atoms with van der Waals surface area (Å²) in [6, 6.07) is 0. The zero-order valence-corrected chi connectivity index (χ0v) is 10.4. The van der Waals surface area contributed by atoms with Gasteiger partial charge in [-0.1, -0.05) is 31.9 Å². The number of hydrogen-bond donors (Lipinski definition) is 0. The van der Waals surface area contributed by atoms with Crippen LogP contribution < -0.4 is 0 Å². The van der Waals surface area contributed by atoms with E-state index in [1.807, 2.05) is 12.2 Å². The van der Waals surface area contributed by atoms with Gasteiger partial charge in [0.2, 0.25) is 0 Å². The highest BCUT2D eigenvalue weighted by atomic mass is 16.1. The Morgan fingerprint density at radius 1 is 1.00 bits per heavy atom. The lowest BCUT2D eigenvalue weighted by atomic mass is 10.1. The zero-order chi connectivity index (χ0) is 12.2. The summed E-state index contributed by atoms with van der Waals surface area (Å²) in [6.45, 7) is 3.66. The number of hydrogen-bond acceptors (Lipinski definition) is 2. The normalized spacial score (nSPS) is 11.4. The van der Waals surface area contributed by atoms with Crippen LogP contribution in [0.25, 0.3) is 0 Å². The fourth-order valence-electron chi connectivity index (χ4n) is 1.29. The fourth-order valence-corrected chi connectivity index (χ4v) is 1.29. The number of carbonyl (C=O) groups excluding carboxylic acids is 2. The number of rotatable bonds is 9. The van der Waals surface area contributed by atoms with E-state index in [9.17, 15) is 9.59 Å². The minimum Gasteiger partial charge on any atom is -0.295 e. The molecule has 0 aliphatic heterocycles. The van der Waals surface area contributed by atoms with Gasteiger partial charge in [-0.3, -0.25) is 9.59 Å². The van der Waals surface area contributed by atoms with Gasteiger partial charge >= 0.3 is 0 Å². The van der Waals surface area contributed by atoms with Crippen molar-refractivity contribution in [3.8, 4) is 0 Å². The Bertz CT molecular complexity index is 262. The van der Waals surface area contributed by atoms with Crippen molar-refractivity contribution in [2.75, 3.05) is 0 Å². The fraction of sp³-hybridized carbons (Fsp3) is 0.571. The van der Waals surface area contributed by atoms with Crippen LogP contribution in [-0.4, -0.2) is 11.6 Å². The second-order valence-corrected chi connectivity index (χ2v) is 3.92. The molecule has 0 saturated carbocycles. The van der Waals surface area contributed by atoms with Crippen LogP contribution in [0.1, 0.15) is 52.4 Å². The monoisotopic (exact) mass is 222 g/mol. The van der Waals surface area contributed by atoms with E-state index < -0.39 is 0 Å². The van der Waals surface area contributed by atoms with Crippen molar-refractivity contribution in [2.45, 2.75) is 52.4 Å². The van der Waals surface area contributed by atoms with Crippen molar-refractivity contribution in [1.29, 1.82) is 0 Å². The van der Waals surface area contributed by atoms with Crippen molar-refractivity contribution in [1.82, 2.24) is 0 Å². The van der Waals surface area contributed by atoms with Crippen LogP contribution in [0.15, 0.2) is 24.3 Å². The third kappa shape index (κ3) is 10.9. The molecule has 0 aromatic carbocycles. The number of allylic oxidation sites excluding steroid dienone is 4. The largest absolute Gasteiger partial charge is 0.295 e. The van der Waals surface area contributed by atoms with Crippen LogP contribution in [0.2, 0.25) is 0 Å². The lowest BCUT2D eigenvalue weighted by Gasteiger charge is -1.93. The number of unbranched alkanes of at least 4 members (excludes halogenated alkanes) is 3. The first-order chi connectivity index (χ1) is 7.66. The quantitative estimate of drug-likeness (QED) is 0.441. The second-order valence-electron chi connectivity index (χ2n) is 3.92. The summed E-state index contributed by atoms with van der Waals surface area (Å²) in [6.07, 6.45) is 12.5. The Kier molecular flexibility index (Phi) is 9.58. The molecule has 0 atom stereocenters. The first-order valence-electron chi connectivity index (χ1n) is 6.03. The third-order valence-electron chi connectivity index (χ3n) is 2.18. The van der Waals surface area contributed by atoms with Crippen molar-refractivity contribution >= 4 is 11.6 Å². The zero-order valence-electron chi connectivity index (χ0n) is 10.4. The lowest BCUT2D eigenvalue weighted by molar-refractivity contribution is -0.115. The molecule has 0 N–H and O–H groups in total. The Balaban J connectivity index is 3.52. The Labute approximate surface area is 98.4 Å². The van der Waals surface area contributed by atoms with Crippen molar-refractivity contribution in [2.24, 2.45) is 0 Å². The van der Waals surface area contributed by atoms with Crippen LogP contribution in [0, 0.1) is 0 Å². The van der Waals surface area contributed by atoms with E-state index >= 15 is 0 Å². The van der Waals surface area contributed by atoms with Gasteiger partial charge in [-0.15, -0.1) is 0 Å². The molecule has 0 aliphatic rings. The van der Waals surface area contributed by atoms with Crippen LogP contribution in [-0.2, 0) is 9.59 Å². The van der Waals surface area contributed by atoms with E-state index in [0.29, 0.717) is 6.42 Å². The minimum atomic E-state index is 0.0691. The molecule has 0 rings (SSSR count). The molecular formula is C14H22O2. The summed E-state index contributed by atoms with van der Waals surface area (Å²) in [4.78, 5) is 21.9. The van der Waals surface area contributed by atoms with E-state index in [1.165, 1.54) is 6.92 Å². The molecule has 0 radical (unpaired) electrons. The van der Waals surface area contributed by atoms with Crippen LogP contribution in [0.3, 0.4) is 0 Å². The predicted molar refractivity (Wildman–Crippen MR) is 67.3 cm³/mol. The van der Waals surface area contributed by atoms with Gasteiger partial charge in [0.05, 0.1) is 0 Å². The molecular weight excluding hydrogens is 200 g/mol. The van der Waals surface area contributed by atoms with Gasteiger partial charge in [-0.25, -0.2) is 0 Å². The standard InChI is InChI=1S/C14H22O2/c1-3-4-7-11-14(16)12-9-6-5-8-10-13(2)15/h8-10,12H,3-7,11H2,1-2H3/b10-8+,12-9+. The van der Waals surface area contributed by atoms with Crippen LogP contribution in [0.5, 0.6) is 0 Å². The van der Waals surface area contributed by atoms with Gasteiger partial charge in [0.25, 0.3) is 0 Å². The summed E-state index contributed by atoms with van der Waals surface area (Å²) in [7, 11) is 0. The van der Waals surface area contributed by atoms with Crippen LogP contribution in [0.4, 0.5) is 0 Å². The number of carbonyl (C=O) groups is 2. The Hall–Kier alpha value is -1.18. The van der Waals surface area contributed by atoms with Gasteiger partial charge < -0.3 is 0 Å². The highest BCUT2D eigenvalue weighted by Crippen LogP contribution is 2.01. The molecule has 0 aromatic heterocycles. The van der Waals surface area contributed by atoms with Gasteiger partial charge in [-0.05, 0) is 38.3 Å². The summed E-state index contributed by atoms with van der Waals surface area (Å²) in [5, 5.41) is 0. The second kappa shape index (κ2) is 10.3. The van der Waals surface area contributed by atoms with E-state index in [1.54, 1.807) is 12.2 Å². The van der Waals surface area contributed by atoms with Gasteiger partial charge in [0.1, 0.15) is 0 Å². The molecule has 16 heavy (non-hydrogen) atoms. The smallest absolute Gasteiger partial charge is 0.155 e. The van der Waals surface area contributed by atoms with E-state index in [4.69, 9.17) is 0 Å². The molecule has 0 unspecified atom stereocenters. The Morgan fingerprint density at radius 2 is 1.62 bits per heavy atom. The van der Waals surface area contributed by atoms with Crippen molar-refractivity contribution in [3.63, 3.8) is 0 Å². The predicted octanol–water partition coefficient (Wildman–Crippen LogP) is 3.62. The Morgan fingerprint density at radius 3 is 2.19 bits per heavy atom. The molecule has 0 amide bonds. The van der Waals surface area contributed by atoms with Crippen LogP contribution >= 0.6 is 0 Å². The van der Waals surface area contributed by atoms with E-state index in [0.717, 1.165) is 32.1 Å². The minimum absolute atomic E-state index is 0.0691. The molecule has 0 fully saturated rings. The molecule has 90 valence electrons. The molecule has 0 heterocycles. The molecule has 2 nitrogen and oxygen atoms in total. The number of ketones is 2. The van der Waals surface area contributed by atoms with Gasteiger partial charge in [0, 0.05) is 6.42 Å². The molecule has 0 saturated heterocycles. The molecule has 0 aliphatic carbocycles. The molecule has 2 heteroatoms. The highest BCUT2D eigenvalue weighted by molar-refractivity contribution is 5.89. The molecule has 0 aromatic rings. The topological polar surface area (TPSA) is 34.1 Å². The average molecular weight is 222 g/mol. The lowest BCUT2D eigenvalue weighted by Crippen LogP contribution is -1.91. The molecule has 0 bridgehead atoms. The first-order valence-corrected chi connectivity index (χ1v) is 6.03. The van der Waals surface area contributed by atoms with E-state index in [2.05, 4.69) is 6.92 Å². The van der Waals surface area contributed by atoms with Crippen molar-refractivity contribution < 1.29 is 9.59 Å². The summed E-state index contributed by atoms with van der Waals surface area (Å²) >= 11 is 0. The maximum absolute atomic E-state index is 11.3. The summed E-state index contributed by atoms with van der Waals surface area (Å²) < 4.78 is 0. The SMILES string of the molecule is CCCCCC(=O)/C=C/CC/C=C/C(C)=O. The summed E-state index contributed by atoms with van der Waals surface area (Å²) in [5.74, 6) is 0.281. The maximum Gasteiger partial charge on any atom is 0.155 e. The van der Waals surface area contributed by atoms with Gasteiger partial charge in [-0.2, -0.15) is 0 Å². The molecule has 0 spiro atoms. The summed E-state index contributed by atoms with van der Waals surface area (Å²) in [5.41, 5.74) is 0.